The molecule has 4 aliphatic rings. The summed E-state index contributed by atoms with van der Waals surface area (Å²) in [6, 6.07) is 0. The summed E-state index contributed by atoms with van der Waals surface area (Å²) in [6.45, 7) is 5.67. The van der Waals surface area contributed by atoms with E-state index in [4.69, 9.17) is 9.47 Å². The average molecular weight is 296 g/mol. The predicted molar refractivity (Wildman–Crippen MR) is 69.9 cm³/mol. The van der Waals surface area contributed by atoms with Crippen molar-refractivity contribution in [2.24, 2.45) is 10.8 Å². The summed E-state index contributed by atoms with van der Waals surface area (Å²) < 4.78 is 11.3. The summed E-state index contributed by atoms with van der Waals surface area (Å²) >= 11 is 0. The molecule has 2 heterocycles. The standard InChI is InChI=1S/C15H20O6/c1-8-4-10-11(2,5-9(8)16)12(3)6-14(17,18)15(19,21-10)13(12)7-20-13/h4,10,17-19H,5-7H2,1-3H3/t10-,11+,12-,13-,15+/m1/s1. The van der Waals surface area contributed by atoms with Crippen LogP contribution in [0, 0.1) is 10.8 Å². The van der Waals surface area contributed by atoms with Crippen LogP contribution >= 0.6 is 0 Å². The minimum atomic E-state index is -2.40. The quantitative estimate of drug-likeness (QED) is 0.425. The van der Waals surface area contributed by atoms with Gasteiger partial charge in [0.15, 0.2) is 11.4 Å². The average Bonchev–Trinajstić information content (AvgIpc) is 3.13. The predicted octanol–water partition coefficient (Wildman–Crippen LogP) is -0.141. The number of allylic oxidation sites excluding steroid dienone is 1. The lowest BCUT2D eigenvalue weighted by molar-refractivity contribution is -0.398. The minimum Gasteiger partial charge on any atom is -0.363 e. The molecule has 0 aromatic rings. The van der Waals surface area contributed by atoms with Gasteiger partial charge in [0, 0.05) is 23.7 Å². The molecule has 0 aromatic heterocycles. The fraction of sp³-hybridized carbons (Fsp3) is 0.800. The van der Waals surface area contributed by atoms with Crippen LogP contribution < -0.4 is 0 Å². The van der Waals surface area contributed by atoms with Gasteiger partial charge in [-0.05, 0) is 18.6 Å². The Morgan fingerprint density at radius 1 is 1.29 bits per heavy atom. The van der Waals surface area contributed by atoms with Gasteiger partial charge in [-0.2, -0.15) is 0 Å². The van der Waals surface area contributed by atoms with Crippen molar-refractivity contribution in [3.05, 3.63) is 11.6 Å². The van der Waals surface area contributed by atoms with Gasteiger partial charge in [-0.25, -0.2) is 0 Å². The van der Waals surface area contributed by atoms with Crippen molar-refractivity contribution in [3.8, 4) is 0 Å². The molecular weight excluding hydrogens is 276 g/mol. The third-order valence-corrected chi connectivity index (χ3v) is 6.57. The molecule has 0 radical (unpaired) electrons. The Hall–Kier alpha value is -0.790. The van der Waals surface area contributed by atoms with Crippen molar-refractivity contribution in [1.29, 1.82) is 0 Å². The van der Waals surface area contributed by atoms with Crippen LogP contribution in [0.25, 0.3) is 0 Å². The molecular formula is C15H20O6. The lowest BCUT2D eigenvalue weighted by Crippen LogP contribution is -2.70. The number of Topliss-reactive ketones (excluding diaryl/α,β-unsaturated/α-hetero) is 1. The van der Waals surface area contributed by atoms with Crippen LogP contribution in [-0.4, -0.2) is 51.0 Å². The van der Waals surface area contributed by atoms with Gasteiger partial charge < -0.3 is 24.8 Å². The summed E-state index contributed by atoms with van der Waals surface area (Å²) in [5, 5.41) is 31.6. The second-order valence-electron chi connectivity index (χ2n) is 7.49. The SMILES string of the molecule is CC1=C[C@H]2O[C@]3(O)C(O)(O)C[C@@](C)([C@]34CO4)[C@@]2(C)CC1=O. The van der Waals surface area contributed by atoms with Gasteiger partial charge in [-0.1, -0.05) is 13.8 Å². The minimum absolute atomic E-state index is 0.0215. The molecule has 116 valence electrons. The van der Waals surface area contributed by atoms with E-state index in [1.54, 1.807) is 13.0 Å². The molecule has 2 saturated heterocycles. The highest BCUT2D eigenvalue weighted by Crippen LogP contribution is 2.75. The first-order valence-electron chi connectivity index (χ1n) is 7.24. The Balaban J connectivity index is 1.96. The van der Waals surface area contributed by atoms with Crippen molar-refractivity contribution < 1.29 is 29.6 Å². The van der Waals surface area contributed by atoms with Crippen molar-refractivity contribution in [1.82, 2.24) is 0 Å². The molecule has 2 aliphatic carbocycles. The molecule has 1 saturated carbocycles. The molecule has 0 unspecified atom stereocenters. The smallest absolute Gasteiger partial charge is 0.254 e. The number of hydrogen-bond acceptors (Lipinski definition) is 6. The van der Waals surface area contributed by atoms with E-state index in [1.165, 1.54) is 0 Å². The lowest BCUT2D eigenvalue weighted by Gasteiger charge is -2.57. The third-order valence-electron chi connectivity index (χ3n) is 6.57. The van der Waals surface area contributed by atoms with Gasteiger partial charge >= 0.3 is 0 Å². The first kappa shape index (κ1) is 13.8. The maximum Gasteiger partial charge on any atom is 0.254 e. The van der Waals surface area contributed by atoms with Gasteiger partial charge in [0.2, 0.25) is 5.79 Å². The van der Waals surface area contributed by atoms with Crippen molar-refractivity contribution in [2.75, 3.05) is 6.61 Å². The van der Waals surface area contributed by atoms with Crippen LogP contribution in [0.3, 0.4) is 0 Å². The normalized spacial score (nSPS) is 57.1. The largest absolute Gasteiger partial charge is 0.363 e. The second kappa shape index (κ2) is 3.26. The number of ether oxygens (including phenoxy) is 2. The number of carbonyl (C=O) groups is 1. The second-order valence-corrected chi connectivity index (χ2v) is 7.49. The highest BCUT2D eigenvalue weighted by Gasteiger charge is 2.90. The molecule has 0 aromatic carbocycles. The molecule has 3 fully saturated rings. The number of carbonyl (C=O) groups excluding carboxylic acids is 1. The third kappa shape index (κ3) is 1.15. The van der Waals surface area contributed by atoms with E-state index in [1.807, 2.05) is 13.8 Å². The van der Waals surface area contributed by atoms with Crippen LogP contribution in [-0.2, 0) is 14.3 Å². The molecule has 4 rings (SSSR count). The summed E-state index contributed by atoms with van der Waals surface area (Å²) in [4.78, 5) is 12.2. The Labute approximate surface area is 122 Å². The van der Waals surface area contributed by atoms with Crippen molar-refractivity contribution >= 4 is 5.78 Å². The zero-order chi connectivity index (χ0) is 15.5. The zero-order valence-corrected chi connectivity index (χ0v) is 12.3. The van der Waals surface area contributed by atoms with Gasteiger partial charge in [0.1, 0.15) is 0 Å². The fourth-order valence-electron chi connectivity index (χ4n) is 4.83. The Bertz CT molecular complexity index is 591. The van der Waals surface area contributed by atoms with E-state index in [2.05, 4.69) is 0 Å². The van der Waals surface area contributed by atoms with Gasteiger partial charge in [-0.3, -0.25) is 4.79 Å². The molecule has 6 heteroatoms. The molecule has 21 heavy (non-hydrogen) atoms. The number of ketones is 1. The maximum atomic E-state index is 12.2. The molecule has 3 N–H and O–H groups in total. The molecule has 5 atom stereocenters. The van der Waals surface area contributed by atoms with E-state index in [9.17, 15) is 20.1 Å². The monoisotopic (exact) mass is 296 g/mol. The van der Waals surface area contributed by atoms with Gasteiger partial charge in [0.05, 0.1) is 12.7 Å². The van der Waals surface area contributed by atoms with E-state index < -0.39 is 34.1 Å². The number of aliphatic hydroxyl groups is 3. The number of hydrogen-bond donors (Lipinski definition) is 3. The summed E-state index contributed by atoms with van der Waals surface area (Å²) in [5.41, 5.74) is -2.00. The summed E-state index contributed by atoms with van der Waals surface area (Å²) in [6.07, 6.45) is 1.28. The van der Waals surface area contributed by atoms with Crippen molar-refractivity contribution in [3.63, 3.8) is 0 Å². The lowest BCUT2D eigenvalue weighted by atomic mass is 9.52. The van der Waals surface area contributed by atoms with Crippen LogP contribution in [0.15, 0.2) is 11.6 Å². The molecule has 1 spiro atoms. The van der Waals surface area contributed by atoms with Crippen LogP contribution in [0.1, 0.15) is 33.6 Å². The van der Waals surface area contributed by atoms with Crippen LogP contribution in [0.5, 0.6) is 0 Å². The van der Waals surface area contributed by atoms with E-state index in [0.29, 0.717) is 5.57 Å². The van der Waals surface area contributed by atoms with Gasteiger partial charge in [-0.15, -0.1) is 0 Å². The number of epoxide rings is 1. The molecule has 2 bridgehead atoms. The number of fused-ring (bicyclic) bond motifs is 2. The van der Waals surface area contributed by atoms with E-state index in [-0.39, 0.29) is 25.2 Å². The first-order chi connectivity index (χ1) is 9.53. The van der Waals surface area contributed by atoms with E-state index >= 15 is 0 Å². The highest BCUT2D eigenvalue weighted by atomic mass is 16.7. The fourth-order valence-corrected chi connectivity index (χ4v) is 4.83. The zero-order valence-electron chi connectivity index (χ0n) is 12.3. The van der Waals surface area contributed by atoms with Crippen LogP contribution in [0.4, 0.5) is 0 Å². The molecule has 6 nitrogen and oxygen atoms in total. The first-order valence-corrected chi connectivity index (χ1v) is 7.24. The summed E-state index contributed by atoms with van der Waals surface area (Å²) in [7, 11) is 0. The highest BCUT2D eigenvalue weighted by molar-refractivity contribution is 5.96. The Kier molecular flexibility index (Phi) is 2.15. The van der Waals surface area contributed by atoms with Crippen LogP contribution in [0.2, 0.25) is 0 Å². The maximum absolute atomic E-state index is 12.2. The molecule has 0 amide bonds. The topological polar surface area (TPSA) is 99.5 Å². The number of rotatable bonds is 0. The summed E-state index contributed by atoms with van der Waals surface area (Å²) in [5.74, 6) is -4.55. The Morgan fingerprint density at radius 3 is 2.48 bits per heavy atom. The van der Waals surface area contributed by atoms with Gasteiger partial charge in [0.25, 0.3) is 5.79 Å². The Morgan fingerprint density at radius 2 is 1.90 bits per heavy atom. The van der Waals surface area contributed by atoms with E-state index in [0.717, 1.165) is 0 Å². The van der Waals surface area contributed by atoms with Crippen molar-refractivity contribution in [2.45, 2.75) is 56.9 Å². The molecule has 2 aliphatic heterocycles.